The Bertz CT molecular complexity index is 1890. The Morgan fingerprint density at radius 3 is 2.24 bits per heavy atom. The van der Waals surface area contributed by atoms with Crippen LogP contribution in [0, 0.1) is 5.41 Å². The van der Waals surface area contributed by atoms with Crippen molar-refractivity contribution in [1.82, 2.24) is 20.2 Å². The summed E-state index contributed by atoms with van der Waals surface area (Å²) in [7, 11) is 0. The van der Waals surface area contributed by atoms with Crippen molar-refractivity contribution in [3.05, 3.63) is 65.5 Å². The fourth-order valence-electron chi connectivity index (χ4n) is 7.97. The van der Waals surface area contributed by atoms with Gasteiger partial charge in [0.2, 0.25) is 11.8 Å². The first-order valence-corrected chi connectivity index (χ1v) is 17.3. The lowest BCUT2D eigenvalue weighted by molar-refractivity contribution is -0.136. The number of carbonyl (C=O) groups is 5. The number of anilines is 5. The second-order valence-corrected chi connectivity index (χ2v) is 14.0. The second kappa shape index (κ2) is 12.4. The van der Waals surface area contributed by atoms with Crippen molar-refractivity contribution in [2.45, 2.75) is 51.0 Å². The summed E-state index contributed by atoms with van der Waals surface area (Å²) in [4.78, 5) is 79.4. The lowest BCUT2D eigenvalue weighted by Gasteiger charge is -2.55. The Morgan fingerprint density at radius 1 is 0.840 bits per heavy atom. The van der Waals surface area contributed by atoms with Gasteiger partial charge in [0.15, 0.2) is 11.5 Å². The molecule has 5 aliphatic heterocycles. The number of nitrogens with zero attached hydrogens (tertiary/aromatic N) is 6. The molecule has 0 saturated carbocycles. The normalized spacial score (nSPS) is 21.6. The number of aromatic nitrogens is 2. The Balaban J connectivity index is 0.877. The van der Waals surface area contributed by atoms with Gasteiger partial charge in [-0.05, 0) is 81.0 Å². The van der Waals surface area contributed by atoms with Gasteiger partial charge >= 0.3 is 0 Å². The first-order chi connectivity index (χ1) is 24.2. The van der Waals surface area contributed by atoms with Crippen molar-refractivity contribution in [2.75, 3.05) is 59.3 Å². The maximum Gasteiger partial charge on any atom is 0.271 e. The summed E-state index contributed by atoms with van der Waals surface area (Å²) in [5.74, 6) is -1.52. The molecule has 0 radical (unpaired) electrons. The highest BCUT2D eigenvalue weighted by molar-refractivity contribution is 6.23. The monoisotopic (exact) mass is 677 g/mol. The highest BCUT2D eigenvalue weighted by Crippen LogP contribution is 2.44. The number of carbonyl (C=O) groups excluding carboxylic acids is 5. The van der Waals surface area contributed by atoms with Crippen LogP contribution in [0.5, 0.6) is 0 Å². The van der Waals surface area contributed by atoms with Gasteiger partial charge < -0.3 is 25.8 Å². The van der Waals surface area contributed by atoms with E-state index >= 15 is 0 Å². The van der Waals surface area contributed by atoms with E-state index < -0.39 is 35.6 Å². The maximum absolute atomic E-state index is 13.3. The number of nitrogens with one attached hydrogen (secondary N) is 2. The van der Waals surface area contributed by atoms with E-state index in [1.807, 2.05) is 18.2 Å². The number of amides is 5. The molecule has 50 heavy (non-hydrogen) atoms. The predicted octanol–water partition coefficient (Wildman–Crippen LogP) is 2.82. The third-order valence-electron chi connectivity index (χ3n) is 10.8. The van der Waals surface area contributed by atoms with Crippen LogP contribution in [0.2, 0.25) is 0 Å². The molecule has 3 aromatic rings. The number of nitrogens with two attached hydrogens (primary N) is 1. The minimum absolute atomic E-state index is 0.0909. The van der Waals surface area contributed by atoms with Gasteiger partial charge in [-0.25, -0.2) is 9.97 Å². The molecule has 0 aliphatic carbocycles. The first kappa shape index (κ1) is 31.7. The van der Waals surface area contributed by atoms with Gasteiger partial charge in [-0.3, -0.25) is 34.2 Å². The zero-order valence-electron chi connectivity index (χ0n) is 27.7. The van der Waals surface area contributed by atoms with E-state index in [1.54, 1.807) is 18.3 Å². The smallest absolute Gasteiger partial charge is 0.271 e. The Morgan fingerprint density at radius 2 is 1.54 bits per heavy atom. The Hall–Kier alpha value is -5.53. The molecule has 1 unspecified atom stereocenters. The van der Waals surface area contributed by atoms with Gasteiger partial charge in [-0.15, -0.1) is 0 Å². The van der Waals surface area contributed by atoms with E-state index in [1.165, 1.54) is 6.42 Å². The minimum Gasteiger partial charge on any atom is -0.371 e. The molecule has 14 heteroatoms. The van der Waals surface area contributed by atoms with Gasteiger partial charge in [0.1, 0.15) is 11.9 Å². The average Bonchev–Trinajstić information content (AvgIpc) is 3.36. The molecule has 6 heterocycles. The summed E-state index contributed by atoms with van der Waals surface area (Å²) >= 11 is 0. The van der Waals surface area contributed by atoms with Crippen LogP contribution in [0.4, 0.5) is 28.7 Å². The Kier molecular flexibility index (Phi) is 7.88. The van der Waals surface area contributed by atoms with Crippen molar-refractivity contribution in [3.8, 4) is 0 Å². The van der Waals surface area contributed by atoms with Crippen LogP contribution in [0.3, 0.4) is 0 Å². The van der Waals surface area contributed by atoms with Crippen molar-refractivity contribution in [2.24, 2.45) is 11.1 Å². The summed E-state index contributed by atoms with van der Waals surface area (Å²) in [5, 5.41) is 5.50. The highest BCUT2D eigenvalue weighted by Gasteiger charge is 2.47. The molecule has 0 bridgehead atoms. The third-order valence-corrected chi connectivity index (χ3v) is 10.8. The third kappa shape index (κ3) is 5.67. The molecular weight excluding hydrogens is 638 g/mol. The van der Waals surface area contributed by atoms with Gasteiger partial charge in [-0.1, -0.05) is 0 Å². The number of imide groups is 2. The van der Waals surface area contributed by atoms with Crippen LogP contribution in [0.1, 0.15) is 76.2 Å². The van der Waals surface area contributed by atoms with Crippen LogP contribution >= 0.6 is 0 Å². The molecule has 1 spiro atoms. The van der Waals surface area contributed by atoms with E-state index in [2.05, 4.69) is 42.5 Å². The van der Waals surface area contributed by atoms with Crippen molar-refractivity contribution in [1.29, 1.82) is 0 Å². The molecule has 1 atom stereocenters. The van der Waals surface area contributed by atoms with Crippen molar-refractivity contribution in [3.63, 3.8) is 0 Å². The number of piperidine rings is 3. The summed E-state index contributed by atoms with van der Waals surface area (Å²) < 4.78 is 0. The van der Waals surface area contributed by atoms with Crippen molar-refractivity contribution < 1.29 is 24.0 Å². The van der Waals surface area contributed by atoms with Gasteiger partial charge in [0.05, 0.1) is 17.3 Å². The fraction of sp³-hybridized carbons (Fsp3) is 0.417. The summed E-state index contributed by atoms with van der Waals surface area (Å²) in [6.45, 7) is 5.38. The zero-order valence-corrected chi connectivity index (χ0v) is 27.7. The predicted molar refractivity (Wildman–Crippen MR) is 186 cm³/mol. The van der Waals surface area contributed by atoms with E-state index in [4.69, 9.17) is 10.7 Å². The lowest BCUT2D eigenvalue weighted by Crippen LogP contribution is -2.60. The summed E-state index contributed by atoms with van der Waals surface area (Å²) in [5.41, 5.74) is 9.30. The van der Waals surface area contributed by atoms with Crippen molar-refractivity contribution >= 4 is 58.2 Å². The average molecular weight is 678 g/mol. The van der Waals surface area contributed by atoms with E-state index in [0.29, 0.717) is 16.9 Å². The Labute approximate surface area is 289 Å². The molecule has 2 aromatic carbocycles. The molecule has 5 aliphatic rings. The minimum atomic E-state index is -0.973. The quantitative estimate of drug-likeness (QED) is 0.314. The largest absolute Gasteiger partial charge is 0.371 e. The van der Waals surface area contributed by atoms with Crippen LogP contribution in [0.25, 0.3) is 0 Å². The number of benzene rings is 2. The number of hydrogen-bond donors (Lipinski definition) is 3. The zero-order chi connectivity index (χ0) is 34.6. The van der Waals surface area contributed by atoms with Crippen LogP contribution in [0.15, 0.2) is 48.7 Å². The number of fused-ring (bicyclic) bond motifs is 1. The maximum atomic E-state index is 13.3. The second-order valence-electron chi connectivity index (χ2n) is 14.0. The molecule has 258 valence electrons. The standard InChI is InChI=1S/C36H39N9O5/c37-31(47)30-32(40-28(19-38-30)43-14-2-1-3-15-43)39-22-4-6-23(7-5-22)42-16-12-36(13-17-42)20-44(21-36)24-8-9-25-26(18-24)35(50)45(34(25)49)27-10-11-29(46)41-33(27)48/h4-9,18-19,27H,1-3,10-17,20-21H2,(H2,37,47)(H,39,40)(H,41,46,48). The molecular formula is C36H39N9O5. The van der Waals surface area contributed by atoms with Crippen LogP contribution in [-0.2, 0) is 9.59 Å². The van der Waals surface area contributed by atoms with Gasteiger partial charge in [-0.2, -0.15) is 0 Å². The first-order valence-electron chi connectivity index (χ1n) is 17.3. The summed E-state index contributed by atoms with van der Waals surface area (Å²) in [6.07, 6.45) is 7.31. The molecule has 1 aromatic heterocycles. The number of primary amides is 1. The van der Waals surface area contributed by atoms with E-state index in [-0.39, 0.29) is 24.0 Å². The van der Waals surface area contributed by atoms with E-state index in [0.717, 1.165) is 92.7 Å². The SMILES string of the molecule is NC(=O)c1ncc(N2CCCCC2)nc1Nc1ccc(N2CCC3(CC2)CN(c2ccc4c(c2)C(=O)N(C2CCC(=O)NC2=O)C4=O)C3)cc1. The van der Waals surface area contributed by atoms with Crippen LogP contribution < -0.4 is 31.1 Å². The molecule has 4 saturated heterocycles. The highest BCUT2D eigenvalue weighted by atomic mass is 16.2. The van der Waals surface area contributed by atoms with Gasteiger partial charge in [0.25, 0.3) is 17.7 Å². The molecule has 14 nitrogen and oxygen atoms in total. The fourth-order valence-corrected chi connectivity index (χ4v) is 7.97. The molecule has 8 rings (SSSR count). The molecule has 4 fully saturated rings. The number of hydrogen-bond acceptors (Lipinski definition) is 11. The number of rotatable bonds is 7. The summed E-state index contributed by atoms with van der Waals surface area (Å²) in [6, 6.07) is 12.4. The van der Waals surface area contributed by atoms with Crippen LogP contribution in [-0.4, -0.2) is 89.7 Å². The molecule has 5 amide bonds. The lowest BCUT2D eigenvalue weighted by atomic mass is 9.71. The molecule has 4 N–H and O–H groups in total. The van der Waals surface area contributed by atoms with Gasteiger partial charge in [0, 0.05) is 68.2 Å². The topological polar surface area (TPSA) is 174 Å². The van der Waals surface area contributed by atoms with E-state index in [9.17, 15) is 24.0 Å².